The molecular weight excluding hydrogens is 272 g/mol. The molecule has 2 rings (SSSR count). The number of amides is 1. The monoisotopic (exact) mass is 279 g/mol. The zero-order valence-electron chi connectivity index (χ0n) is 8.08. The average molecular weight is 281 g/mol. The highest BCUT2D eigenvalue weighted by Gasteiger charge is 2.29. The minimum atomic E-state index is -0.638. The zero-order valence-corrected chi connectivity index (χ0v) is 10.4. The molecule has 1 saturated heterocycles. The lowest BCUT2D eigenvalue weighted by atomic mass is 10.3. The van der Waals surface area contributed by atoms with E-state index in [-0.39, 0.29) is 23.9 Å². The molecule has 1 heterocycles. The van der Waals surface area contributed by atoms with Crippen LogP contribution < -0.4 is 4.90 Å². The van der Waals surface area contributed by atoms with E-state index in [1.54, 1.807) is 12.1 Å². The van der Waals surface area contributed by atoms with Crippen molar-refractivity contribution in [2.45, 2.75) is 12.5 Å². The average Bonchev–Trinajstić information content (AvgIpc) is 2.53. The summed E-state index contributed by atoms with van der Waals surface area (Å²) < 4.78 is 0. The topological polar surface area (TPSA) is 40.5 Å². The first kappa shape index (κ1) is 12.0. The Morgan fingerprint density at radius 3 is 2.25 bits per heavy atom. The van der Waals surface area contributed by atoms with Crippen molar-refractivity contribution in [3.05, 3.63) is 27.2 Å². The van der Waals surface area contributed by atoms with Gasteiger partial charge in [-0.1, -0.05) is 34.8 Å². The van der Waals surface area contributed by atoms with Crippen molar-refractivity contribution >= 4 is 46.4 Å². The fourth-order valence-electron chi connectivity index (χ4n) is 1.64. The van der Waals surface area contributed by atoms with Gasteiger partial charge >= 0.3 is 0 Å². The van der Waals surface area contributed by atoms with Gasteiger partial charge < -0.3 is 10.0 Å². The highest BCUT2D eigenvalue weighted by atomic mass is 35.5. The van der Waals surface area contributed by atoms with Gasteiger partial charge in [-0.25, -0.2) is 0 Å². The second-order valence-electron chi connectivity index (χ2n) is 3.59. The lowest BCUT2D eigenvalue weighted by Crippen LogP contribution is -2.25. The smallest absolute Gasteiger partial charge is 0.229 e. The molecule has 16 heavy (non-hydrogen) atoms. The van der Waals surface area contributed by atoms with Crippen LogP contribution in [0, 0.1) is 0 Å². The number of carbonyl (C=O) groups excluding carboxylic acids is 1. The summed E-state index contributed by atoms with van der Waals surface area (Å²) in [7, 11) is 0. The predicted octanol–water partition coefficient (Wildman–Crippen LogP) is 2.74. The molecule has 0 bridgehead atoms. The van der Waals surface area contributed by atoms with Crippen molar-refractivity contribution in [3.8, 4) is 0 Å². The summed E-state index contributed by atoms with van der Waals surface area (Å²) in [6.07, 6.45) is -0.515. The van der Waals surface area contributed by atoms with Gasteiger partial charge in [0.2, 0.25) is 5.91 Å². The predicted molar refractivity (Wildman–Crippen MR) is 64.4 cm³/mol. The first-order valence-electron chi connectivity index (χ1n) is 4.62. The second kappa shape index (κ2) is 4.41. The van der Waals surface area contributed by atoms with Crippen LogP contribution in [0.15, 0.2) is 12.1 Å². The molecule has 0 radical (unpaired) electrons. The van der Waals surface area contributed by atoms with E-state index in [2.05, 4.69) is 0 Å². The molecule has 0 aliphatic carbocycles. The van der Waals surface area contributed by atoms with E-state index in [1.165, 1.54) is 4.90 Å². The van der Waals surface area contributed by atoms with Crippen molar-refractivity contribution < 1.29 is 9.90 Å². The number of aliphatic hydroxyl groups is 1. The Bertz CT molecular complexity index is 427. The van der Waals surface area contributed by atoms with Gasteiger partial charge in [0.15, 0.2) is 0 Å². The van der Waals surface area contributed by atoms with Crippen molar-refractivity contribution in [3.63, 3.8) is 0 Å². The molecule has 3 nitrogen and oxygen atoms in total. The van der Waals surface area contributed by atoms with E-state index < -0.39 is 6.10 Å². The maximum Gasteiger partial charge on any atom is 0.229 e. The summed E-state index contributed by atoms with van der Waals surface area (Å²) in [6.45, 7) is 0.257. The van der Waals surface area contributed by atoms with E-state index in [0.717, 1.165) is 0 Å². The van der Waals surface area contributed by atoms with Crippen LogP contribution >= 0.6 is 34.8 Å². The highest BCUT2D eigenvalue weighted by molar-refractivity contribution is 6.48. The van der Waals surface area contributed by atoms with Crippen LogP contribution in [0.5, 0.6) is 0 Å². The summed E-state index contributed by atoms with van der Waals surface area (Å²) >= 11 is 17.5. The van der Waals surface area contributed by atoms with E-state index >= 15 is 0 Å². The molecule has 86 valence electrons. The Hall–Kier alpha value is -0.480. The van der Waals surface area contributed by atoms with Crippen LogP contribution in [-0.2, 0) is 4.79 Å². The first-order valence-corrected chi connectivity index (χ1v) is 5.75. The Morgan fingerprint density at radius 2 is 1.81 bits per heavy atom. The number of rotatable bonds is 1. The van der Waals surface area contributed by atoms with Crippen molar-refractivity contribution in [2.75, 3.05) is 11.4 Å². The Balaban J connectivity index is 2.38. The van der Waals surface area contributed by atoms with Crippen molar-refractivity contribution in [1.82, 2.24) is 0 Å². The fourth-order valence-corrected chi connectivity index (χ4v) is 2.22. The normalized spacial score (nSPS) is 20.6. The molecule has 1 N–H and O–H groups in total. The van der Waals surface area contributed by atoms with Gasteiger partial charge in [0.25, 0.3) is 0 Å². The van der Waals surface area contributed by atoms with Crippen molar-refractivity contribution in [1.29, 1.82) is 0 Å². The third kappa shape index (κ3) is 2.13. The summed E-state index contributed by atoms with van der Waals surface area (Å²) in [5.41, 5.74) is 0.556. The van der Waals surface area contributed by atoms with E-state index in [9.17, 15) is 9.90 Å². The second-order valence-corrected chi connectivity index (χ2v) is 4.78. The van der Waals surface area contributed by atoms with Gasteiger partial charge in [-0.15, -0.1) is 0 Å². The number of benzene rings is 1. The van der Waals surface area contributed by atoms with Gasteiger partial charge in [0.05, 0.1) is 34.1 Å². The van der Waals surface area contributed by atoms with Gasteiger partial charge in [0.1, 0.15) is 0 Å². The van der Waals surface area contributed by atoms with Gasteiger partial charge in [-0.05, 0) is 12.1 Å². The molecule has 1 aliphatic heterocycles. The third-order valence-electron chi connectivity index (χ3n) is 2.38. The Morgan fingerprint density at radius 1 is 1.25 bits per heavy atom. The maximum atomic E-state index is 11.5. The van der Waals surface area contributed by atoms with Crippen LogP contribution in [-0.4, -0.2) is 23.7 Å². The number of halogens is 3. The van der Waals surface area contributed by atoms with Crippen LogP contribution in [0.25, 0.3) is 0 Å². The Labute approximate surface area is 108 Å². The molecular formula is C10H8Cl3NO2. The minimum absolute atomic E-state index is 0.123. The summed E-state index contributed by atoms with van der Waals surface area (Å²) in [5, 5.41) is 10.2. The molecule has 1 aromatic rings. The SMILES string of the molecule is O=C1CC(O)CN1c1cc(Cl)c(Cl)c(Cl)c1. The lowest BCUT2D eigenvalue weighted by molar-refractivity contribution is -0.117. The van der Waals surface area contributed by atoms with Crippen LogP contribution in [0.2, 0.25) is 15.1 Å². The molecule has 1 fully saturated rings. The van der Waals surface area contributed by atoms with Gasteiger partial charge in [-0.3, -0.25) is 4.79 Å². The molecule has 1 aliphatic rings. The Kier molecular flexibility index (Phi) is 3.31. The number of nitrogens with zero attached hydrogens (tertiary/aromatic N) is 1. The number of β-amino-alcohol motifs (C(OH)–C–C–N with tert-alkyl or cyclic N) is 1. The highest BCUT2D eigenvalue weighted by Crippen LogP contribution is 2.35. The molecule has 0 saturated carbocycles. The zero-order chi connectivity index (χ0) is 11.9. The van der Waals surface area contributed by atoms with Crippen LogP contribution in [0.1, 0.15) is 6.42 Å². The number of aliphatic hydroxyl groups excluding tert-OH is 1. The van der Waals surface area contributed by atoms with E-state index in [4.69, 9.17) is 34.8 Å². The molecule has 1 aromatic carbocycles. The molecule has 1 unspecified atom stereocenters. The number of carbonyl (C=O) groups is 1. The van der Waals surface area contributed by atoms with E-state index in [1.807, 2.05) is 0 Å². The number of hydrogen-bond acceptors (Lipinski definition) is 2. The summed E-state index contributed by atoms with van der Waals surface area (Å²) in [5.74, 6) is -0.151. The standard InChI is InChI=1S/C10H8Cl3NO2/c11-7-1-5(2-8(12)10(7)13)14-4-6(15)3-9(14)16/h1-2,6,15H,3-4H2. The number of anilines is 1. The first-order chi connectivity index (χ1) is 7.49. The van der Waals surface area contributed by atoms with Gasteiger partial charge in [0, 0.05) is 5.69 Å². The van der Waals surface area contributed by atoms with Crippen molar-refractivity contribution in [2.24, 2.45) is 0 Å². The summed E-state index contributed by atoms with van der Waals surface area (Å²) in [6, 6.07) is 3.12. The quantitative estimate of drug-likeness (QED) is 0.804. The summed E-state index contributed by atoms with van der Waals surface area (Å²) in [4.78, 5) is 13.0. The maximum absolute atomic E-state index is 11.5. The van der Waals surface area contributed by atoms with Crippen LogP contribution in [0.3, 0.4) is 0 Å². The van der Waals surface area contributed by atoms with Crippen LogP contribution in [0.4, 0.5) is 5.69 Å². The molecule has 0 spiro atoms. The molecule has 6 heteroatoms. The molecule has 1 atom stereocenters. The fraction of sp³-hybridized carbons (Fsp3) is 0.300. The van der Waals surface area contributed by atoms with Gasteiger partial charge in [-0.2, -0.15) is 0 Å². The number of hydrogen-bond donors (Lipinski definition) is 1. The molecule has 1 amide bonds. The largest absolute Gasteiger partial charge is 0.391 e. The lowest BCUT2D eigenvalue weighted by Gasteiger charge is -2.17. The van der Waals surface area contributed by atoms with E-state index in [0.29, 0.717) is 15.7 Å². The minimum Gasteiger partial charge on any atom is -0.391 e. The third-order valence-corrected chi connectivity index (χ3v) is 3.58. The molecule has 0 aromatic heterocycles.